The first-order valence-electron chi connectivity index (χ1n) is 13.3. The molecule has 3 aromatic carbocycles. The van der Waals surface area contributed by atoms with Crippen molar-refractivity contribution in [3.63, 3.8) is 0 Å². The highest BCUT2D eigenvalue weighted by Crippen LogP contribution is 2.33. The Labute approximate surface area is 231 Å². The van der Waals surface area contributed by atoms with Crippen LogP contribution in [-0.2, 0) is 22.4 Å². The summed E-state index contributed by atoms with van der Waals surface area (Å²) in [5.41, 5.74) is 4.53. The highest BCUT2D eigenvalue weighted by molar-refractivity contribution is 7.17. The molecular formula is C31H30FN3O3S. The van der Waals surface area contributed by atoms with E-state index in [0.29, 0.717) is 18.4 Å². The minimum absolute atomic E-state index is 0.0336. The van der Waals surface area contributed by atoms with Gasteiger partial charge in [-0.3, -0.25) is 14.6 Å². The summed E-state index contributed by atoms with van der Waals surface area (Å²) >= 11 is 1.57. The molecule has 4 aromatic rings. The van der Waals surface area contributed by atoms with Crippen LogP contribution in [0.25, 0.3) is 10.1 Å². The Bertz CT molecular complexity index is 1500. The number of rotatable bonds is 7. The van der Waals surface area contributed by atoms with Gasteiger partial charge in [0.05, 0.1) is 11.3 Å². The molecule has 0 spiro atoms. The lowest BCUT2D eigenvalue weighted by atomic mass is 9.98. The molecule has 3 heterocycles. The standard InChI is InChI=1S/C31H30FN3O3S/c32-25-19-28(26-11-17-39-29(26)20-25)34-15-13-33(14-16-34)12-10-22-6-7-23-8-9-30(36)35(27(23)18-22)21-38-31(37)24-4-2-1-3-5-24/h1-7,11,17-20H,8-10,12-16,21H2. The smallest absolute Gasteiger partial charge is 0.339 e. The van der Waals surface area contributed by atoms with Crippen LogP contribution in [0.5, 0.6) is 0 Å². The third-order valence-corrected chi connectivity index (χ3v) is 8.49. The van der Waals surface area contributed by atoms with E-state index in [9.17, 15) is 14.0 Å². The molecule has 1 saturated heterocycles. The number of ether oxygens (including phenoxy) is 1. The largest absolute Gasteiger partial charge is 0.440 e. The third kappa shape index (κ3) is 5.53. The topological polar surface area (TPSA) is 53.1 Å². The molecule has 0 atom stereocenters. The van der Waals surface area contributed by atoms with Gasteiger partial charge in [0.1, 0.15) is 5.82 Å². The molecule has 6 nitrogen and oxygen atoms in total. The number of hydrogen-bond donors (Lipinski definition) is 0. The molecule has 2 aliphatic rings. The minimum atomic E-state index is -0.441. The van der Waals surface area contributed by atoms with Crippen molar-refractivity contribution in [2.24, 2.45) is 0 Å². The second-order valence-electron chi connectivity index (χ2n) is 10.0. The van der Waals surface area contributed by atoms with E-state index in [0.717, 1.165) is 71.7 Å². The maximum absolute atomic E-state index is 14.2. The van der Waals surface area contributed by atoms with Gasteiger partial charge in [0, 0.05) is 54.9 Å². The van der Waals surface area contributed by atoms with E-state index >= 15 is 0 Å². The number of carbonyl (C=O) groups excluding carboxylic acids is 2. The number of benzene rings is 3. The quantitative estimate of drug-likeness (QED) is 0.288. The molecule has 1 aromatic heterocycles. The lowest BCUT2D eigenvalue weighted by Crippen LogP contribution is -2.47. The lowest BCUT2D eigenvalue weighted by Gasteiger charge is -2.36. The molecule has 200 valence electrons. The fourth-order valence-electron chi connectivity index (χ4n) is 5.44. The van der Waals surface area contributed by atoms with Crippen LogP contribution < -0.4 is 9.80 Å². The van der Waals surface area contributed by atoms with Gasteiger partial charge in [0.25, 0.3) is 0 Å². The average molecular weight is 544 g/mol. The Morgan fingerprint density at radius 1 is 0.923 bits per heavy atom. The van der Waals surface area contributed by atoms with Gasteiger partial charge in [-0.15, -0.1) is 11.3 Å². The summed E-state index contributed by atoms with van der Waals surface area (Å²) in [6.45, 7) is 4.34. The number of piperazine rings is 1. The van der Waals surface area contributed by atoms with E-state index in [4.69, 9.17) is 4.74 Å². The second-order valence-corrected chi connectivity index (χ2v) is 11.0. The van der Waals surface area contributed by atoms with Crippen molar-refractivity contribution >= 4 is 44.7 Å². The summed E-state index contributed by atoms with van der Waals surface area (Å²) in [4.78, 5) is 31.5. The highest BCUT2D eigenvalue weighted by atomic mass is 32.1. The number of fused-ring (bicyclic) bond motifs is 2. The molecule has 0 aliphatic carbocycles. The zero-order valence-corrected chi connectivity index (χ0v) is 22.5. The first-order chi connectivity index (χ1) is 19.0. The predicted molar refractivity (Wildman–Crippen MR) is 153 cm³/mol. The molecule has 39 heavy (non-hydrogen) atoms. The lowest BCUT2D eigenvalue weighted by molar-refractivity contribution is -0.119. The summed E-state index contributed by atoms with van der Waals surface area (Å²) in [5.74, 6) is -0.658. The van der Waals surface area contributed by atoms with Crippen LogP contribution >= 0.6 is 11.3 Å². The number of esters is 1. The number of carbonyl (C=O) groups is 2. The maximum Gasteiger partial charge on any atom is 0.339 e. The maximum atomic E-state index is 14.2. The molecular weight excluding hydrogens is 513 g/mol. The van der Waals surface area contributed by atoms with Gasteiger partial charge in [-0.25, -0.2) is 9.18 Å². The van der Waals surface area contributed by atoms with Crippen LogP contribution in [0.3, 0.4) is 0 Å². The molecule has 0 radical (unpaired) electrons. The Hall–Kier alpha value is -3.75. The summed E-state index contributed by atoms with van der Waals surface area (Å²) < 4.78 is 20.7. The van der Waals surface area contributed by atoms with E-state index in [1.54, 1.807) is 52.6 Å². The van der Waals surface area contributed by atoms with Gasteiger partial charge >= 0.3 is 5.97 Å². The van der Waals surface area contributed by atoms with Crippen molar-refractivity contribution in [2.45, 2.75) is 19.3 Å². The van der Waals surface area contributed by atoms with Crippen LogP contribution in [0.1, 0.15) is 27.9 Å². The van der Waals surface area contributed by atoms with Crippen LogP contribution in [-0.4, -0.2) is 56.2 Å². The van der Waals surface area contributed by atoms with Crippen molar-refractivity contribution in [3.05, 3.63) is 94.6 Å². The van der Waals surface area contributed by atoms with Gasteiger partial charge < -0.3 is 9.64 Å². The fraction of sp³-hybridized carbons (Fsp3) is 0.290. The summed E-state index contributed by atoms with van der Waals surface area (Å²) in [5, 5.41) is 3.14. The van der Waals surface area contributed by atoms with Crippen molar-refractivity contribution in [3.8, 4) is 0 Å². The number of nitrogens with zero attached hydrogens (tertiary/aromatic N) is 3. The van der Waals surface area contributed by atoms with E-state index in [-0.39, 0.29) is 18.5 Å². The summed E-state index contributed by atoms with van der Waals surface area (Å²) in [6, 6.07) is 20.5. The zero-order valence-electron chi connectivity index (χ0n) is 21.6. The number of thiophene rings is 1. The van der Waals surface area contributed by atoms with Gasteiger partial charge in [-0.05, 0) is 65.7 Å². The zero-order chi connectivity index (χ0) is 26.8. The van der Waals surface area contributed by atoms with Crippen molar-refractivity contribution in [1.29, 1.82) is 0 Å². The number of hydrogen-bond acceptors (Lipinski definition) is 6. The predicted octanol–water partition coefficient (Wildman–Crippen LogP) is 5.50. The molecule has 8 heteroatoms. The molecule has 0 bridgehead atoms. The molecule has 6 rings (SSSR count). The number of amides is 1. The highest BCUT2D eigenvalue weighted by Gasteiger charge is 2.26. The van der Waals surface area contributed by atoms with Gasteiger partial charge in [0.15, 0.2) is 6.73 Å². The number of aryl methyl sites for hydroxylation is 1. The van der Waals surface area contributed by atoms with Crippen LogP contribution in [0.4, 0.5) is 15.8 Å². The van der Waals surface area contributed by atoms with E-state index < -0.39 is 5.97 Å². The summed E-state index contributed by atoms with van der Waals surface area (Å²) in [6.07, 6.45) is 1.95. The van der Waals surface area contributed by atoms with Gasteiger partial charge in [-0.1, -0.05) is 30.3 Å². The molecule has 2 aliphatic heterocycles. The van der Waals surface area contributed by atoms with Crippen LogP contribution in [0, 0.1) is 5.82 Å². The Morgan fingerprint density at radius 3 is 2.56 bits per heavy atom. The number of halogens is 1. The Morgan fingerprint density at radius 2 is 1.74 bits per heavy atom. The fourth-order valence-corrected chi connectivity index (χ4v) is 6.27. The molecule has 0 N–H and O–H groups in total. The molecule has 0 saturated carbocycles. The van der Waals surface area contributed by atoms with E-state index in [2.05, 4.69) is 34.1 Å². The Balaban J connectivity index is 1.07. The SMILES string of the molecule is O=C(OCN1C(=O)CCc2ccc(CCN3CCN(c4cc(F)cc5sccc45)CC3)cc21)c1ccccc1. The minimum Gasteiger partial charge on any atom is -0.440 e. The van der Waals surface area contributed by atoms with Gasteiger partial charge in [-0.2, -0.15) is 0 Å². The molecule has 1 fully saturated rings. The molecule has 0 unspecified atom stereocenters. The normalized spacial score (nSPS) is 16.0. The first-order valence-corrected chi connectivity index (χ1v) is 14.2. The average Bonchev–Trinajstić information content (AvgIpc) is 3.44. The monoisotopic (exact) mass is 543 g/mol. The van der Waals surface area contributed by atoms with E-state index in [1.165, 1.54) is 0 Å². The van der Waals surface area contributed by atoms with E-state index in [1.807, 2.05) is 11.4 Å². The second kappa shape index (κ2) is 11.2. The number of anilines is 2. The van der Waals surface area contributed by atoms with Crippen molar-refractivity contribution in [2.75, 3.05) is 49.3 Å². The molecule has 1 amide bonds. The summed E-state index contributed by atoms with van der Waals surface area (Å²) in [7, 11) is 0. The van der Waals surface area contributed by atoms with Crippen LogP contribution in [0.2, 0.25) is 0 Å². The van der Waals surface area contributed by atoms with Crippen molar-refractivity contribution < 1.29 is 18.7 Å². The van der Waals surface area contributed by atoms with Gasteiger partial charge in [0.2, 0.25) is 5.91 Å². The third-order valence-electron chi connectivity index (χ3n) is 7.63. The Kier molecular flexibility index (Phi) is 7.30. The van der Waals surface area contributed by atoms with Crippen molar-refractivity contribution in [1.82, 2.24) is 4.90 Å². The van der Waals surface area contributed by atoms with Crippen LogP contribution in [0.15, 0.2) is 72.1 Å². The first kappa shape index (κ1) is 25.5.